The number of imidazole rings is 1. The van der Waals surface area contributed by atoms with E-state index in [1.165, 1.54) is 0 Å². The number of likely N-dealkylation sites (tertiary alicyclic amines) is 1. The fraction of sp³-hybridized carbons (Fsp3) is 0.533. The molecule has 2 aliphatic rings. The van der Waals surface area contributed by atoms with Gasteiger partial charge in [0.2, 0.25) is 0 Å². The monoisotopic (exact) mass is 337 g/mol. The van der Waals surface area contributed by atoms with E-state index >= 15 is 0 Å². The molecule has 3 atom stereocenters. The summed E-state index contributed by atoms with van der Waals surface area (Å²) in [7, 11) is 2.07. The van der Waals surface area contributed by atoms with Gasteiger partial charge in [0.05, 0.1) is 24.3 Å². The molecule has 1 aliphatic heterocycles. The number of piperidine rings is 1. The maximum Gasteiger partial charge on any atom is 0.123 e. The smallest absolute Gasteiger partial charge is 0.123 e. The molecule has 0 bridgehead atoms. The Bertz CT molecular complexity index is 656. The number of hydrogen-bond acceptors (Lipinski definition) is 2. The molecule has 1 unspecified atom stereocenters. The lowest BCUT2D eigenvalue weighted by Gasteiger charge is -2.18. The minimum absolute atomic E-state index is 0.135. The molecular formula is C15H17BrFN3. The van der Waals surface area contributed by atoms with Gasteiger partial charge in [0.25, 0.3) is 0 Å². The Morgan fingerprint density at radius 3 is 2.80 bits per heavy atom. The van der Waals surface area contributed by atoms with Crippen molar-refractivity contribution in [3.63, 3.8) is 0 Å². The number of aromatic nitrogens is 2. The van der Waals surface area contributed by atoms with Crippen LogP contribution >= 0.6 is 15.9 Å². The molecule has 5 heteroatoms. The summed E-state index contributed by atoms with van der Waals surface area (Å²) in [5.41, 5.74) is 2.19. The number of benzene rings is 1. The van der Waals surface area contributed by atoms with Crippen LogP contribution < -0.4 is 0 Å². The first-order chi connectivity index (χ1) is 9.67. The highest BCUT2D eigenvalue weighted by atomic mass is 79.9. The zero-order valence-corrected chi connectivity index (χ0v) is 13.0. The standard InChI is InChI=1S/C15H17BrFN3/c1-19-14-4-9(16)2-3-13(14)18-15(19)8-20-6-11-10(5-17)12(11)7-20/h2-4,10-12H,5-8H2,1H3/t10?,11-,12+. The summed E-state index contributed by atoms with van der Waals surface area (Å²) >= 11 is 3.51. The molecule has 1 aliphatic carbocycles. The lowest BCUT2D eigenvalue weighted by atomic mass is 10.3. The van der Waals surface area contributed by atoms with Crippen LogP contribution in [0.3, 0.4) is 0 Å². The van der Waals surface area contributed by atoms with Crippen molar-refractivity contribution in [3.05, 3.63) is 28.5 Å². The van der Waals surface area contributed by atoms with E-state index in [4.69, 9.17) is 4.98 Å². The van der Waals surface area contributed by atoms with E-state index in [-0.39, 0.29) is 6.67 Å². The highest BCUT2D eigenvalue weighted by Crippen LogP contribution is 2.51. The van der Waals surface area contributed by atoms with Crippen LogP contribution in [0.2, 0.25) is 0 Å². The number of hydrogen-bond donors (Lipinski definition) is 0. The van der Waals surface area contributed by atoms with Crippen LogP contribution in [0.1, 0.15) is 5.82 Å². The van der Waals surface area contributed by atoms with Crippen molar-refractivity contribution >= 4 is 27.0 Å². The molecule has 0 amide bonds. The SMILES string of the molecule is Cn1c(CN2C[C@@H]3C(CF)[C@@H]3C2)nc2ccc(Br)cc21. The van der Waals surface area contributed by atoms with E-state index in [1.807, 2.05) is 12.1 Å². The van der Waals surface area contributed by atoms with Crippen molar-refractivity contribution in [2.45, 2.75) is 6.54 Å². The van der Waals surface area contributed by atoms with Crippen molar-refractivity contribution in [3.8, 4) is 0 Å². The Hall–Kier alpha value is -0.940. The molecule has 1 aromatic carbocycles. The zero-order chi connectivity index (χ0) is 13.9. The van der Waals surface area contributed by atoms with Gasteiger partial charge in [-0.05, 0) is 36.0 Å². The molecule has 0 N–H and O–H groups in total. The van der Waals surface area contributed by atoms with Gasteiger partial charge in [0, 0.05) is 24.6 Å². The third-order valence-corrected chi connectivity index (χ3v) is 5.42. The summed E-state index contributed by atoms with van der Waals surface area (Å²) in [6.07, 6.45) is 0. The van der Waals surface area contributed by atoms with Crippen LogP contribution in [-0.2, 0) is 13.6 Å². The van der Waals surface area contributed by atoms with Gasteiger partial charge in [0.1, 0.15) is 5.82 Å². The van der Waals surface area contributed by atoms with Gasteiger partial charge >= 0.3 is 0 Å². The molecular weight excluding hydrogens is 321 g/mol. The fourth-order valence-corrected chi connectivity index (χ4v) is 4.00. The van der Waals surface area contributed by atoms with Gasteiger partial charge in [-0.3, -0.25) is 9.29 Å². The lowest BCUT2D eigenvalue weighted by molar-refractivity contribution is 0.255. The predicted octanol–water partition coefficient (Wildman–Crippen LogP) is 2.98. The van der Waals surface area contributed by atoms with Crippen LogP contribution in [0.15, 0.2) is 22.7 Å². The number of rotatable bonds is 3. The first-order valence-electron chi connectivity index (χ1n) is 7.06. The second-order valence-corrected chi connectivity index (χ2v) is 6.98. The Morgan fingerprint density at radius 1 is 1.35 bits per heavy atom. The molecule has 4 rings (SSSR count). The average molecular weight is 338 g/mol. The minimum Gasteiger partial charge on any atom is -0.330 e. The number of alkyl halides is 1. The maximum atomic E-state index is 12.7. The largest absolute Gasteiger partial charge is 0.330 e. The van der Waals surface area contributed by atoms with Gasteiger partial charge in [-0.15, -0.1) is 0 Å². The van der Waals surface area contributed by atoms with E-state index in [9.17, 15) is 4.39 Å². The van der Waals surface area contributed by atoms with Gasteiger partial charge in [0.15, 0.2) is 0 Å². The molecule has 2 aromatic rings. The molecule has 1 aromatic heterocycles. The van der Waals surface area contributed by atoms with E-state index < -0.39 is 0 Å². The first kappa shape index (κ1) is 12.8. The van der Waals surface area contributed by atoms with Crippen molar-refractivity contribution in [1.82, 2.24) is 14.5 Å². The normalized spacial score (nSPS) is 29.1. The Kier molecular flexibility index (Phi) is 2.89. The van der Waals surface area contributed by atoms with Crippen molar-refractivity contribution in [2.24, 2.45) is 24.8 Å². The summed E-state index contributed by atoms with van der Waals surface area (Å²) in [5.74, 6) is 2.64. The lowest BCUT2D eigenvalue weighted by Crippen LogP contribution is -2.25. The first-order valence-corrected chi connectivity index (χ1v) is 7.86. The molecule has 3 nitrogen and oxygen atoms in total. The van der Waals surface area contributed by atoms with Crippen LogP contribution in [-0.4, -0.2) is 34.2 Å². The van der Waals surface area contributed by atoms with Crippen molar-refractivity contribution in [1.29, 1.82) is 0 Å². The van der Waals surface area contributed by atoms with Crippen LogP contribution in [0.5, 0.6) is 0 Å². The third-order valence-electron chi connectivity index (χ3n) is 4.93. The summed E-state index contributed by atoms with van der Waals surface area (Å²) in [4.78, 5) is 7.14. The number of fused-ring (bicyclic) bond motifs is 2. The van der Waals surface area contributed by atoms with Gasteiger partial charge in [-0.25, -0.2) is 4.98 Å². The molecule has 1 saturated carbocycles. The summed E-state index contributed by atoms with van der Waals surface area (Å²) < 4.78 is 15.9. The summed E-state index contributed by atoms with van der Waals surface area (Å²) in [6.45, 7) is 2.80. The van der Waals surface area contributed by atoms with E-state index in [0.717, 1.165) is 41.0 Å². The zero-order valence-electron chi connectivity index (χ0n) is 11.4. The Balaban J connectivity index is 1.54. The second kappa shape index (κ2) is 4.53. The van der Waals surface area contributed by atoms with Crippen LogP contribution in [0.25, 0.3) is 11.0 Å². The van der Waals surface area contributed by atoms with E-state index in [0.29, 0.717) is 17.8 Å². The molecule has 106 valence electrons. The predicted molar refractivity (Wildman–Crippen MR) is 80.1 cm³/mol. The van der Waals surface area contributed by atoms with Crippen molar-refractivity contribution in [2.75, 3.05) is 19.8 Å². The number of halogens is 2. The maximum absolute atomic E-state index is 12.7. The van der Waals surface area contributed by atoms with E-state index in [1.54, 1.807) is 0 Å². The molecule has 2 heterocycles. The summed E-state index contributed by atoms with van der Waals surface area (Å²) in [5, 5.41) is 0. The molecule has 20 heavy (non-hydrogen) atoms. The van der Waals surface area contributed by atoms with Crippen LogP contribution in [0, 0.1) is 17.8 Å². The molecule has 0 spiro atoms. The van der Waals surface area contributed by atoms with Gasteiger partial charge in [-0.1, -0.05) is 15.9 Å². The van der Waals surface area contributed by atoms with E-state index in [2.05, 4.69) is 38.5 Å². The third kappa shape index (κ3) is 1.91. The molecule has 1 saturated heterocycles. The fourth-order valence-electron chi connectivity index (χ4n) is 3.65. The van der Waals surface area contributed by atoms with Gasteiger partial charge in [-0.2, -0.15) is 0 Å². The molecule has 0 radical (unpaired) electrons. The average Bonchev–Trinajstić information content (AvgIpc) is 2.76. The highest BCUT2D eigenvalue weighted by Gasteiger charge is 2.55. The quantitative estimate of drug-likeness (QED) is 0.858. The Morgan fingerprint density at radius 2 is 2.10 bits per heavy atom. The van der Waals surface area contributed by atoms with Crippen LogP contribution in [0.4, 0.5) is 4.39 Å². The topological polar surface area (TPSA) is 21.1 Å². The number of nitrogens with zero attached hydrogens (tertiary/aromatic N) is 3. The highest BCUT2D eigenvalue weighted by molar-refractivity contribution is 9.10. The number of aryl methyl sites for hydroxylation is 1. The summed E-state index contributed by atoms with van der Waals surface area (Å²) in [6, 6.07) is 6.17. The van der Waals surface area contributed by atoms with Gasteiger partial charge < -0.3 is 4.57 Å². The second-order valence-electron chi connectivity index (χ2n) is 6.06. The van der Waals surface area contributed by atoms with Crippen molar-refractivity contribution < 1.29 is 4.39 Å². The minimum atomic E-state index is -0.135. The Labute approximate surface area is 125 Å². The molecule has 2 fully saturated rings.